The van der Waals surface area contributed by atoms with E-state index in [0.717, 1.165) is 0 Å². The van der Waals surface area contributed by atoms with Crippen LogP contribution in [0.15, 0.2) is 12.3 Å². The van der Waals surface area contributed by atoms with Gasteiger partial charge in [0.2, 0.25) is 0 Å². The zero-order valence-electron chi connectivity index (χ0n) is 5.28. The topological polar surface area (TPSA) is 69.3 Å². The van der Waals surface area contributed by atoms with Gasteiger partial charge in [0, 0.05) is 6.07 Å². The average Bonchev–Trinajstić information content (AvgIpc) is 1.88. The molecule has 4 nitrogen and oxygen atoms in total. The number of pyridine rings is 1. The van der Waals surface area contributed by atoms with Crippen molar-refractivity contribution in [2.75, 3.05) is 11.5 Å². The molecule has 0 saturated heterocycles. The molecular formula is C6H7N4+. The maximum Gasteiger partial charge on any atom is 0.380 e. The fraction of sp³-hybridized carbons (Fsp3) is 0. The van der Waals surface area contributed by atoms with Crippen molar-refractivity contribution >= 4 is 17.2 Å². The third-order valence-corrected chi connectivity index (χ3v) is 1.07. The highest BCUT2D eigenvalue weighted by Crippen LogP contribution is 2.20. The van der Waals surface area contributed by atoms with E-state index in [1.54, 1.807) is 0 Å². The monoisotopic (exact) mass is 135 g/mol. The lowest BCUT2D eigenvalue weighted by Gasteiger charge is -1.89. The molecule has 0 atom stereocenters. The molecule has 0 saturated carbocycles. The summed E-state index contributed by atoms with van der Waals surface area (Å²) in [5, 5.41) is 0. The molecule has 4 N–H and O–H groups in total. The Labute approximate surface area is 58.3 Å². The molecule has 0 amide bonds. The maximum absolute atomic E-state index is 5.44. The molecule has 0 aromatic carbocycles. The van der Waals surface area contributed by atoms with Crippen molar-refractivity contribution in [1.82, 2.24) is 4.98 Å². The number of nitrogens with two attached hydrogens (primary N) is 2. The molecule has 0 aliphatic rings. The third-order valence-electron chi connectivity index (χ3n) is 1.07. The van der Waals surface area contributed by atoms with Crippen LogP contribution in [0.5, 0.6) is 0 Å². The van der Waals surface area contributed by atoms with Gasteiger partial charge in [-0.15, -0.1) is 0 Å². The molecule has 50 valence electrons. The largest absolute Gasteiger partial charge is 0.392 e. The van der Waals surface area contributed by atoms with E-state index in [1.807, 2.05) is 0 Å². The molecule has 0 radical (unpaired) electrons. The molecule has 10 heavy (non-hydrogen) atoms. The van der Waals surface area contributed by atoms with Gasteiger partial charge in [0.25, 0.3) is 6.57 Å². The van der Waals surface area contributed by atoms with Crippen LogP contribution in [-0.2, 0) is 0 Å². The lowest BCUT2D eigenvalue weighted by Crippen LogP contribution is -1.92. The molecule has 0 bridgehead atoms. The Morgan fingerprint density at radius 2 is 2.20 bits per heavy atom. The Bertz CT molecular complexity index is 286. The molecule has 0 aliphatic heterocycles. The fourth-order valence-corrected chi connectivity index (χ4v) is 0.589. The van der Waals surface area contributed by atoms with E-state index in [2.05, 4.69) is 9.83 Å². The van der Waals surface area contributed by atoms with E-state index < -0.39 is 0 Å². The minimum atomic E-state index is 0.366. The standard InChI is InChI=1S/C6H7N4/c1-9-5-3-10-6(8)2-4(5)7/h1-3H,(H4,7,8,10)/q+1. The first-order valence-corrected chi connectivity index (χ1v) is 2.66. The summed E-state index contributed by atoms with van der Waals surface area (Å²) in [5.74, 6) is 0.366. The molecule has 1 aromatic heterocycles. The number of hydrogen-bond acceptors (Lipinski definition) is 3. The Balaban J connectivity index is 3.23. The first-order valence-electron chi connectivity index (χ1n) is 2.66. The summed E-state index contributed by atoms with van der Waals surface area (Å²) in [6.07, 6.45) is 1.42. The van der Waals surface area contributed by atoms with Crippen molar-refractivity contribution in [2.45, 2.75) is 0 Å². The van der Waals surface area contributed by atoms with Gasteiger partial charge in [-0.1, -0.05) is 0 Å². The molecule has 0 aliphatic carbocycles. The molecular weight excluding hydrogens is 128 g/mol. The van der Waals surface area contributed by atoms with Gasteiger partial charge in [-0.05, 0) is 4.85 Å². The summed E-state index contributed by atoms with van der Waals surface area (Å²) in [7, 11) is 0. The lowest BCUT2D eigenvalue weighted by atomic mass is 10.3. The predicted molar refractivity (Wildman–Crippen MR) is 41.0 cm³/mol. The van der Waals surface area contributed by atoms with Gasteiger partial charge in [-0.25, -0.2) is 4.98 Å². The summed E-state index contributed by atoms with van der Waals surface area (Å²) in [4.78, 5) is 7.10. The summed E-state index contributed by atoms with van der Waals surface area (Å²) < 4.78 is 0. The van der Waals surface area contributed by atoms with Crippen LogP contribution in [0.25, 0.3) is 4.85 Å². The van der Waals surface area contributed by atoms with Crippen LogP contribution in [-0.4, -0.2) is 4.98 Å². The normalized spacial score (nSPS) is 8.70. The van der Waals surface area contributed by atoms with Gasteiger partial charge in [0.05, 0.1) is 0 Å². The van der Waals surface area contributed by atoms with E-state index in [-0.39, 0.29) is 0 Å². The summed E-state index contributed by atoms with van der Waals surface area (Å²) in [5.41, 5.74) is 11.6. The first kappa shape index (κ1) is 6.36. The van der Waals surface area contributed by atoms with E-state index in [9.17, 15) is 0 Å². The minimum Gasteiger partial charge on any atom is -0.392 e. The van der Waals surface area contributed by atoms with Crippen LogP contribution in [0.3, 0.4) is 0 Å². The van der Waals surface area contributed by atoms with E-state index >= 15 is 0 Å². The fourth-order valence-electron chi connectivity index (χ4n) is 0.589. The quantitative estimate of drug-likeness (QED) is 0.553. The molecule has 1 heterocycles. The number of anilines is 2. The van der Waals surface area contributed by atoms with Crippen molar-refractivity contribution in [2.24, 2.45) is 0 Å². The van der Waals surface area contributed by atoms with Crippen LogP contribution >= 0.6 is 0 Å². The second kappa shape index (κ2) is 2.23. The van der Waals surface area contributed by atoms with Crippen molar-refractivity contribution in [1.29, 1.82) is 0 Å². The predicted octanol–water partition coefficient (Wildman–Crippen LogP) is 0.840. The number of aromatic nitrogens is 1. The summed E-state index contributed by atoms with van der Waals surface area (Å²) >= 11 is 0. The van der Waals surface area contributed by atoms with Crippen LogP contribution in [0.1, 0.15) is 0 Å². The second-order valence-corrected chi connectivity index (χ2v) is 1.80. The van der Waals surface area contributed by atoms with Crippen molar-refractivity contribution in [3.8, 4) is 6.57 Å². The van der Waals surface area contributed by atoms with E-state index in [1.165, 1.54) is 12.3 Å². The van der Waals surface area contributed by atoms with E-state index in [4.69, 9.17) is 18.0 Å². The zero-order chi connectivity index (χ0) is 7.56. The lowest BCUT2D eigenvalue weighted by molar-refractivity contribution is 1.35. The Morgan fingerprint density at radius 3 is 2.70 bits per heavy atom. The Kier molecular flexibility index (Phi) is 1.42. The molecule has 1 aromatic rings. The summed E-state index contributed by atoms with van der Waals surface area (Å²) in [6, 6.07) is 1.51. The minimum absolute atomic E-state index is 0.366. The molecule has 1 rings (SSSR count). The first-order chi connectivity index (χ1) is 4.74. The van der Waals surface area contributed by atoms with Crippen LogP contribution in [0.2, 0.25) is 0 Å². The smallest absolute Gasteiger partial charge is 0.380 e. The van der Waals surface area contributed by atoms with Crippen LogP contribution in [0, 0.1) is 6.57 Å². The van der Waals surface area contributed by atoms with Gasteiger partial charge in [-0.2, -0.15) is 0 Å². The molecule has 4 heteroatoms. The van der Waals surface area contributed by atoms with Gasteiger partial charge in [0.15, 0.2) is 0 Å². The highest BCUT2D eigenvalue weighted by molar-refractivity contribution is 5.68. The molecule has 0 spiro atoms. The number of rotatable bonds is 0. The molecule has 0 fully saturated rings. The number of nitrogen functional groups attached to an aromatic ring is 2. The van der Waals surface area contributed by atoms with Crippen molar-refractivity contribution in [3.63, 3.8) is 0 Å². The van der Waals surface area contributed by atoms with Gasteiger partial charge >= 0.3 is 5.69 Å². The highest BCUT2D eigenvalue weighted by atomic mass is 14.9. The SMILES string of the molecule is C#[N+]c1cnc(N)cc1N. The van der Waals surface area contributed by atoms with Crippen LogP contribution in [0.4, 0.5) is 17.2 Å². The highest BCUT2D eigenvalue weighted by Gasteiger charge is 2.06. The van der Waals surface area contributed by atoms with Crippen molar-refractivity contribution < 1.29 is 0 Å². The van der Waals surface area contributed by atoms with Gasteiger partial charge in [-0.3, -0.25) is 0 Å². The Morgan fingerprint density at radius 1 is 1.50 bits per heavy atom. The average molecular weight is 135 g/mol. The number of hydrogen-bond donors (Lipinski definition) is 2. The summed E-state index contributed by atoms with van der Waals surface area (Å²) in [6.45, 7) is 4.96. The van der Waals surface area contributed by atoms with E-state index in [0.29, 0.717) is 17.2 Å². The Hall–Kier alpha value is -1.76. The maximum atomic E-state index is 5.44. The van der Waals surface area contributed by atoms with Gasteiger partial charge < -0.3 is 11.5 Å². The zero-order valence-corrected chi connectivity index (χ0v) is 5.28. The molecule has 0 unspecified atom stereocenters. The third kappa shape index (κ3) is 0.977. The van der Waals surface area contributed by atoms with Gasteiger partial charge in [0.1, 0.15) is 17.7 Å². The second-order valence-electron chi connectivity index (χ2n) is 1.80. The van der Waals surface area contributed by atoms with Crippen LogP contribution < -0.4 is 11.5 Å². The van der Waals surface area contributed by atoms with Crippen molar-refractivity contribution in [3.05, 3.63) is 17.1 Å². The number of nitrogens with zero attached hydrogens (tertiary/aromatic N) is 2.